The maximum Gasteiger partial charge on any atom is 0.416 e. The van der Waals surface area contributed by atoms with Crippen molar-refractivity contribution in [3.05, 3.63) is 28.8 Å². The first-order valence-corrected chi connectivity index (χ1v) is 10.6. The Kier molecular flexibility index (Phi) is 20.5. The molecule has 0 saturated carbocycles. The fourth-order valence-corrected chi connectivity index (χ4v) is 1.94. The molecule has 0 amide bonds. The van der Waals surface area contributed by atoms with Crippen LogP contribution in [0.3, 0.4) is 0 Å². The van der Waals surface area contributed by atoms with Crippen LogP contribution < -0.4 is 4.72 Å². The SMILES string of the molecule is CC.CC.CC.CC.Cc1cc(C(F)(F)F)cc(NS(C)(=O)=O)c1C. The number of sulfonamides is 1. The maximum atomic E-state index is 12.5. The molecular formula is C18H36F3NO2S. The second kappa shape index (κ2) is 16.2. The number of hydrogen-bond acceptors (Lipinski definition) is 2. The van der Waals surface area contributed by atoms with Gasteiger partial charge in [0.1, 0.15) is 0 Å². The van der Waals surface area contributed by atoms with Crippen molar-refractivity contribution in [3.63, 3.8) is 0 Å². The molecule has 152 valence electrons. The van der Waals surface area contributed by atoms with E-state index in [1.54, 1.807) is 6.92 Å². The van der Waals surface area contributed by atoms with Crippen molar-refractivity contribution in [1.29, 1.82) is 0 Å². The van der Waals surface area contributed by atoms with Crippen molar-refractivity contribution in [2.45, 2.75) is 75.4 Å². The summed E-state index contributed by atoms with van der Waals surface area (Å²) in [4.78, 5) is 0. The largest absolute Gasteiger partial charge is 0.416 e. The quantitative estimate of drug-likeness (QED) is 0.606. The number of rotatable bonds is 2. The maximum absolute atomic E-state index is 12.5. The summed E-state index contributed by atoms with van der Waals surface area (Å²) in [5.41, 5.74) is -0.0547. The average Bonchev–Trinajstić information content (AvgIpc) is 2.57. The third-order valence-electron chi connectivity index (χ3n) is 2.29. The van der Waals surface area contributed by atoms with Gasteiger partial charge in [-0.3, -0.25) is 4.72 Å². The molecule has 0 radical (unpaired) electrons. The van der Waals surface area contributed by atoms with Crippen LogP contribution in [0.2, 0.25) is 0 Å². The molecule has 0 atom stereocenters. The van der Waals surface area contributed by atoms with Crippen LogP contribution in [0.25, 0.3) is 0 Å². The van der Waals surface area contributed by atoms with Crippen LogP contribution in [0.4, 0.5) is 18.9 Å². The van der Waals surface area contributed by atoms with Gasteiger partial charge in [-0.15, -0.1) is 0 Å². The molecule has 1 aromatic rings. The van der Waals surface area contributed by atoms with E-state index in [2.05, 4.69) is 4.72 Å². The smallest absolute Gasteiger partial charge is 0.283 e. The summed E-state index contributed by atoms with van der Waals surface area (Å²) >= 11 is 0. The van der Waals surface area contributed by atoms with Crippen LogP contribution in [0.15, 0.2) is 12.1 Å². The number of nitrogens with one attached hydrogen (secondary N) is 1. The summed E-state index contributed by atoms with van der Waals surface area (Å²) in [5.74, 6) is 0. The Labute approximate surface area is 153 Å². The van der Waals surface area contributed by atoms with Gasteiger partial charge >= 0.3 is 6.18 Å². The summed E-state index contributed by atoms with van der Waals surface area (Å²) in [6.45, 7) is 19.1. The normalized spacial score (nSPS) is 9.52. The highest BCUT2D eigenvalue weighted by Crippen LogP contribution is 2.33. The molecule has 0 fully saturated rings. The van der Waals surface area contributed by atoms with Gasteiger partial charge in [0, 0.05) is 0 Å². The topological polar surface area (TPSA) is 46.2 Å². The van der Waals surface area contributed by atoms with Crippen LogP contribution in [0.1, 0.15) is 72.1 Å². The van der Waals surface area contributed by atoms with Crippen LogP contribution in [0, 0.1) is 13.8 Å². The minimum atomic E-state index is -4.49. The summed E-state index contributed by atoms with van der Waals surface area (Å²) in [6, 6.07) is 1.78. The van der Waals surface area contributed by atoms with E-state index in [-0.39, 0.29) is 5.69 Å². The Bertz CT molecular complexity index is 540. The molecule has 3 nitrogen and oxygen atoms in total. The highest BCUT2D eigenvalue weighted by Gasteiger charge is 2.31. The van der Waals surface area contributed by atoms with E-state index >= 15 is 0 Å². The monoisotopic (exact) mass is 387 g/mol. The van der Waals surface area contributed by atoms with E-state index in [0.29, 0.717) is 11.1 Å². The van der Waals surface area contributed by atoms with Crippen molar-refractivity contribution in [1.82, 2.24) is 0 Å². The highest BCUT2D eigenvalue weighted by molar-refractivity contribution is 7.92. The van der Waals surface area contributed by atoms with Gasteiger partial charge in [0.2, 0.25) is 10.0 Å². The van der Waals surface area contributed by atoms with E-state index in [1.807, 2.05) is 55.4 Å². The third kappa shape index (κ3) is 14.8. The Balaban J connectivity index is -0.000000241. The Hall–Kier alpha value is -1.24. The number of halogens is 3. The van der Waals surface area contributed by atoms with Gasteiger partial charge in [-0.2, -0.15) is 13.2 Å². The van der Waals surface area contributed by atoms with Gasteiger partial charge in [-0.1, -0.05) is 55.4 Å². The first-order valence-electron chi connectivity index (χ1n) is 8.67. The number of aryl methyl sites for hydroxylation is 1. The lowest BCUT2D eigenvalue weighted by Gasteiger charge is -2.14. The second-order valence-electron chi connectivity index (χ2n) is 3.84. The molecule has 0 heterocycles. The van der Waals surface area contributed by atoms with Gasteiger partial charge in [0.05, 0.1) is 17.5 Å². The fourth-order valence-electron chi connectivity index (χ4n) is 1.33. The van der Waals surface area contributed by atoms with Gasteiger partial charge in [0.15, 0.2) is 0 Å². The molecule has 0 aromatic heterocycles. The van der Waals surface area contributed by atoms with Gasteiger partial charge < -0.3 is 0 Å². The zero-order valence-electron chi connectivity index (χ0n) is 17.5. The van der Waals surface area contributed by atoms with Crippen molar-refractivity contribution >= 4 is 15.7 Å². The predicted octanol–water partition coefficient (Wildman–Crippen LogP) is 6.80. The molecule has 0 aliphatic carbocycles. The van der Waals surface area contributed by atoms with Crippen LogP contribution in [0.5, 0.6) is 0 Å². The summed E-state index contributed by atoms with van der Waals surface area (Å²) in [7, 11) is -3.60. The van der Waals surface area contributed by atoms with E-state index in [4.69, 9.17) is 0 Å². The third-order valence-corrected chi connectivity index (χ3v) is 2.88. The van der Waals surface area contributed by atoms with Gasteiger partial charge in [0.25, 0.3) is 0 Å². The number of alkyl halides is 3. The average molecular weight is 388 g/mol. The van der Waals surface area contributed by atoms with Gasteiger partial charge in [-0.05, 0) is 37.1 Å². The van der Waals surface area contributed by atoms with Crippen molar-refractivity contribution in [2.75, 3.05) is 11.0 Å². The number of anilines is 1. The van der Waals surface area contributed by atoms with E-state index in [9.17, 15) is 21.6 Å². The molecule has 1 N–H and O–H groups in total. The Morgan fingerprint density at radius 1 is 0.840 bits per heavy atom. The molecule has 1 aromatic carbocycles. The standard InChI is InChI=1S/C10H12F3NO2S.4C2H6/c1-6-4-8(10(11,12)13)5-9(7(6)2)14-17(3,15)16;4*1-2/h4-5,14H,1-3H3;4*1-2H3. The molecule has 0 unspecified atom stereocenters. The minimum Gasteiger partial charge on any atom is -0.283 e. The molecule has 0 bridgehead atoms. The summed E-state index contributed by atoms with van der Waals surface area (Å²) < 4.78 is 61.7. The lowest BCUT2D eigenvalue weighted by Crippen LogP contribution is -2.13. The zero-order valence-corrected chi connectivity index (χ0v) is 18.3. The van der Waals surface area contributed by atoms with E-state index < -0.39 is 21.8 Å². The second-order valence-corrected chi connectivity index (χ2v) is 5.59. The van der Waals surface area contributed by atoms with Crippen molar-refractivity contribution in [3.8, 4) is 0 Å². The fraction of sp³-hybridized carbons (Fsp3) is 0.667. The molecule has 0 aliphatic heterocycles. The molecule has 0 aliphatic rings. The summed E-state index contributed by atoms with van der Waals surface area (Å²) in [6.07, 6.45) is -3.60. The number of benzene rings is 1. The van der Waals surface area contributed by atoms with Crippen molar-refractivity contribution < 1.29 is 21.6 Å². The lowest BCUT2D eigenvalue weighted by molar-refractivity contribution is -0.137. The molecule has 0 saturated heterocycles. The minimum absolute atomic E-state index is 0.0418. The van der Waals surface area contributed by atoms with Gasteiger partial charge in [-0.25, -0.2) is 8.42 Å². The van der Waals surface area contributed by atoms with E-state index in [0.717, 1.165) is 18.4 Å². The first kappa shape index (κ1) is 31.5. The molecule has 7 heteroatoms. The molecule has 0 spiro atoms. The lowest BCUT2D eigenvalue weighted by atomic mass is 10.0. The van der Waals surface area contributed by atoms with Crippen LogP contribution in [-0.2, 0) is 16.2 Å². The van der Waals surface area contributed by atoms with Crippen molar-refractivity contribution in [2.24, 2.45) is 0 Å². The molecule has 25 heavy (non-hydrogen) atoms. The predicted molar refractivity (Wildman–Crippen MR) is 105 cm³/mol. The molecule has 1 rings (SSSR count). The Morgan fingerprint density at radius 3 is 1.48 bits per heavy atom. The van der Waals surface area contributed by atoms with Crippen LogP contribution >= 0.6 is 0 Å². The summed E-state index contributed by atoms with van der Waals surface area (Å²) in [5, 5.41) is 0. The highest BCUT2D eigenvalue weighted by atomic mass is 32.2. The Morgan fingerprint density at radius 2 is 1.20 bits per heavy atom. The number of hydrogen-bond donors (Lipinski definition) is 1. The zero-order chi connectivity index (χ0) is 21.4. The first-order chi connectivity index (χ1) is 11.5. The molecular weight excluding hydrogens is 351 g/mol. The van der Waals surface area contributed by atoms with E-state index in [1.165, 1.54) is 6.92 Å². The van der Waals surface area contributed by atoms with Crippen LogP contribution in [-0.4, -0.2) is 14.7 Å².